The van der Waals surface area contributed by atoms with E-state index in [-0.39, 0.29) is 10.3 Å². The van der Waals surface area contributed by atoms with E-state index in [0.717, 1.165) is 12.8 Å². The van der Waals surface area contributed by atoms with Crippen molar-refractivity contribution in [3.63, 3.8) is 0 Å². The number of halogens is 1. The van der Waals surface area contributed by atoms with Gasteiger partial charge < -0.3 is 5.32 Å². The quantitative estimate of drug-likeness (QED) is 0.921. The van der Waals surface area contributed by atoms with Gasteiger partial charge in [-0.1, -0.05) is 25.4 Å². The number of sulfonamides is 1. The Balaban J connectivity index is 2.22. The van der Waals surface area contributed by atoms with E-state index >= 15 is 0 Å². The predicted octanol–water partition coefficient (Wildman–Crippen LogP) is 2.98. The van der Waals surface area contributed by atoms with Gasteiger partial charge in [-0.25, -0.2) is 13.4 Å². The van der Waals surface area contributed by atoms with E-state index in [9.17, 15) is 8.42 Å². The van der Waals surface area contributed by atoms with E-state index < -0.39 is 10.0 Å². The fraction of sp³-hybridized carbons (Fsp3) is 0.643. The Morgan fingerprint density at radius 2 is 2.00 bits per heavy atom. The maximum atomic E-state index is 12.6. The minimum absolute atomic E-state index is 0.161. The Hall–Kier alpha value is -0.850. The molecule has 1 N–H and O–H groups in total. The number of piperidine rings is 1. The first-order chi connectivity index (χ1) is 9.76. The summed E-state index contributed by atoms with van der Waals surface area (Å²) in [6.45, 7) is 8.03. The molecule has 21 heavy (non-hydrogen) atoms. The topological polar surface area (TPSA) is 62.3 Å². The number of anilines is 1. The van der Waals surface area contributed by atoms with Gasteiger partial charge >= 0.3 is 0 Å². The third kappa shape index (κ3) is 3.67. The molecule has 0 atom stereocenters. The van der Waals surface area contributed by atoms with Gasteiger partial charge in [-0.2, -0.15) is 4.31 Å². The Morgan fingerprint density at radius 3 is 2.52 bits per heavy atom. The van der Waals surface area contributed by atoms with Gasteiger partial charge in [-0.05, 0) is 31.2 Å². The molecule has 0 bridgehead atoms. The summed E-state index contributed by atoms with van der Waals surface area (Å²) in [7, 11) is -3.51. The molecule has 0 amide bonds. The van der Waals surface area contributed by atoms with E-state index in [1.165, 1.54) is 16.6 Å². The van der Waals surface area contributed by atoms with Crippen molar-refractivity contribution in [2.24, 2.45) is 5.41 Å². The summed E-state index contributed by atoms with van der Waals surface area (Å²) < 4.78 is 26.8. The number of nitrogens with one attached hydrogen (secondary N) is 1. The van der Waals surface area contributed by atoms with Crippen LogP contribution in [0, 0.1) is 5.41 Å². The van der Waals surface area contributed by atoms with Crippen LogP contribution in [0.1, 0.15) is 33.6 Å². The van der Waals surface area contributed by atoms with Gasteiger partial charge in [0.25, 0.3) is 0 Å². The molecule has 1 aliphatic heterocycles. The second-order valence-corrected chi connectivity index (χ2v) is 8.45. The Labute approximate surface area is 131 Å². The number of rotatable bonds is 4. The van der Waals surface area contributed by atoms with Gasteiger partial charge in [0.15, 0.2) is 0 Å². The zero-order valence-electron chi connectivity index (χ0n) is 12.7. The van der Waals surface area contributed by atoms with Crippen LogP contribution in [0.4, 0.5) is 5.82 Å². The lowest BCUT2D eigenvalue weighted by Gasteiger charge is -2.36. The van der Waals surface area contributed by atoms with E-state index in [2.05, 4.69) is 24.1 Å². The standard InChI is InChI=1S/C14H22ClN3O2S/c1-4-16-13-12(15)9-11(10-17-13)21(19,20)18-7-5-14(2,3)6-8-18/h9-10H,4-8H2,1-3H3,(H,16,17). The number of pyridine rings is 1. The Morgan fingerprint density at radius 1 is 1.38 bits per heavy atom. The third-order valence-corrected chi connectivity index (χ3v) is 6.03. The monoisotopic (exact) mass is 331 g/mol. The van der Waals surface area contributed by atoms with Crippen molar-refractivity contribution in [3.05, 3.63) is 17.3 Å². The number of hydrogen-bond donors (Lipinski definition) is 1. The van der Waals surface area contributed by atoms with E-state index in [0.29, 0.717) is 30.5 Å². The van der Waals surface area contributed by atoms with Crippen LogP contribution in [0.15, 0.2) is 17.2 Å². The molecule has 0 aliphatic carbocycles. The maximum Gasteiger partial charge on any atom is 0.244 e. The zero-order chi connectivity index (χ0) is 15.7. The highest BCUT2D eigenvalue weighted by Gasteiger charge is 2.33. The fourth-order valence-electron chi connectivity index (χ4n) is 2.34. The van der Waals surface area contributed by atoms with Gasteiger partial charge in [-0.15, -0.1) is 0 Å². The van der Waals surface area contributed by atoms with Crippen LogP contribution in [0.25, 0.3) is 0 Å². The highest BCUT2D eigenvalue weighted by molar-refractivity contribution is 7.89. The second kappa shape index (κ2) is 6.10. The molecule has 2 rings (SSSR count). The van der Waals surface area contributed by atoms with Crippen LogP contribution in [-0.2, 0) is 10.0 Å². The van der Waals surface area contributed by atoms with Gasteiger partial charge in [0.2, 0.25) is 10.0 Å². The summed E-state index contributed by atoms with van der Waals surface area (Å²) in [6.07, 6.45) is 3.10. The molecule has 1 saturated heterocycles. The molecule has 0 radical (unpaired) electrons. The van der Waals surface area contributed by atoms with Crippen molar-refractivity contribution in [1.82, 2.24) is 9.29 Å². The van der Waals surface area contributed by atoms with Crippen LogP contribution in [-0.4, -0.2) is 37.3 Å². The van der Waals surface area contributed by atoms with Gasteiger partial charge in [0.1, 0.15) is 10.7 Å². The largest absolute Gasteiger partial charge is 0.369 e. The molecule has 1 aromatic heterocycles. The zero-order valence-corrected chi connectivity index (χ0v) is 14.3. The van der Waals surface area contributed by atoms with Crippen LogP contribution >= 0.6 is 11.6 Å². The molecule has 118 valence electrons. The number of nitrogens with zero attached hydrogens (tertiary/aromatic N) is 2. The van der Waals surface area contributed by atoms with Crippen molar-refractivity contribution < 1.29 is 8.42 Å². The average molecular weight is 332 g/mol. The summed E-state index contributed by atoms with van der Waals surface area (Å²) in [5, 5.41) is 3.32. The van der Waals surface area contributed by atoms with Crippen molar-refractivity contribution in [1.29, 1.82) is 0 Å². The summed E-state index contributed by atoms with van der Waals surface area (Å²) in [5.41, 5.74) is 0.205. The van der Waals surface area contributed by atoms with Crippen LogP contribution in [0.5, 0.6) is 0 Å². The van der Waals surface area contributed by atoms with Gasteiger partial charge in [-0.3, -0.25) is 0 Å². The maximum absolute atomic E-state index is 12.6. The second-order valence-electron chi connectivity index (χ2n) is 6.10. The van der Waals surface area contributed by atoms with Crippen molar-refractivity contribution >= 4 is 27.4 Å². The molecule has 2 heterocycles. The lowest BCUT2D eigenvalue weighted by Crippen LogP contribution is -2.41. The van der Waals surface area contributed by atoms with Crippen LogP contribution in [0.2, 0.25) is 5.02 Å². The van der Waals surface area contributed by atoms with Gasteiger partial charge in [0, 0.05) is 25.8 Å². The molecular formula is C14H22ClN3O2S. The smallest absolute Gasteiger partial charge is 0.244 e. The minimum atomic E-state index is -3.51. The molecule has 5 nitrogen and oxygen atoms in total. The highest BCUT2D eigenvalue weighted by Crippen LogP contribution is 2.33. The van der Waals surface area contributed by atoms with Crippen molar-refractivity contribution in [2.75, 3.05) is 25.0 Å². The SMILES string of the molecule is CCNc1ncc(S(=O)(=O)N2CCC(C)(C)CC2)cc1Cl. The van der Waals surface area contributed by atoms with E-state index in [1.54, 1.807) is 0 Å². The van der Waals surface area contributed by atoms with Crippen LogP contribution in [0.3, 0.4) is 0 Å². The fourth-order valence-corrected chi connectivity index (χ4v) is 4.05. The molecule has 7 heteroatoms. The van der Waals surface area contributed by atoms with E-state index in [1.807, 2.05) is 6.92 Å². The van der Waals surface area contributed by atoms with Crippen LogP contribution < -0.4 is 5.32 Å². The molecule has 0 spiro atoms. The normalized spacial score (nSPS) is 19.4. The summed E-state index contributed by atoms with van der Waals surface area (Å²) in [5.74, 6) is 0.512. The van der Waals surface area contributed by atoms with Crippen molar-refractivity contribution in [3.8, 4) is 0 Å². The third-order valence-electron chi connectivity index (χ3n) is 3.87. The Bertz CT molecular complexity index is 607. The molecule has 1 aromatic rings. The lowest BCUT2D eigenvalue weighted by atomic mass is 9.83. The minimum Gasteiger partial charge on any atom is -0.369 e. The molecule has 1 fully saturated rings. The van der Waals surface area contributed by atoms with E-state index in [4.69, 9.17) is 11.6 Å². The summed E-state index contributed by atoms with van der Waals surface area (Å²) >= 11 is 6.09. The first-order valence-electron chi connectivity index (χ1n) is 7.16. The average Bonchev–Trinajstić information content (AvgIpc) is 2.40. The summed E-state index contributed by atoms with van der Waals surface area (Å²) in [4.78, 5) is 4.27. The first kappa shape index (κ1) is 16.5. The molecule has 1 aliphatic rings. The molecule has 0 saturated carbocycles. The molecule has 0 aromatic carbocycles. The Kier molecular flexibility index (Phi) is 4.80. The molecule has 0 unspecified atom stereocenters. The highest BCUT2D eigenvalue weighted by atomic mass is 35.5. The predicted molar refractivity (Wildman–Crippen MR) is 85.2 cm³/mol. The lowest BCUT2D eigenvalue weighted by molar-refractivity contribution is 0.196. The summed E-state index contributed by atoms with van der Waals surface area (Å²) in [6, 6.07) is 1.47. The first-order valence-corrected chi connectivity index (χ1v) is 8.98. The van der Waals surface area contributed by atoms with Gasteiger partial charge in [0.05, 0.1) is 5.02 Å². The number of aromatic nitrogens is 1. The molecular weight excluding hydrogens is 310 g/mol. The number of hydrogen-bond acceptors (Lipinski definition) is 4. The van der Waals surface area contributed by atoms with Crippen molar-refractivity contribution in [2.45, 2.75) is 38.5 Å².